The Morgan fingerprint density at radius 2 is 1.96 bits per heavy atom. The number of nitrogens with zero attached hydrogens (tertiary/aromatic N) is 4. The molecule has 0 aromatic carbocycles. The van der Waals surface area contributed by atoms with Gasteiger partial charge in [-0.3, -0.25) is 4.79 Å². The van der Waals surface area contributed by atoms with Gasteiger partial charge in [-0.05, 0) is 24.3 Å². The molecule has 26 heavy (non-hydrogen) atoms. The lowest BCUT2D eigenvalue weighted by Gasteiger charge is -2.28. The highest BCUT2D eigenvalue weighted by atomic mass is 16.3. The zero-order valence-corrected chi connectivity index (χ0v) is 15.6. The minimum atomic E-state index is -0.227. The summed E-state index contributed by atoms with van der Waals surface area (Å²) in [6.45, 7) is 4.73. The fourth-order valence-electron chi connectivity index (χ4n) is 2.59. The van der Waals surface area contributed by atoms with Crippen molar-refractivity contribution in [1.82, 2.24) is 19.3 Å². The largest absolute Gasteiger partial charge is 0.467 e. The molecule has 2 aromatic heterocycles. The average molecular weight is 358 g/mol. The molecule has 0 radical (unpaired) electrons. The van der Waals surface area contributed by atoms with Gasteiger partial charge in [-0.1, -0.05) is 6.08 Å². The quantitative estimate of drug-likeness (QED) is 0.681. The van der Waals surface area contributed by atoms with Crippen molar-refractivity contribution in [2.75, 3.05) is 27.2 Å². The first-order valence-corrected chi connectivity index (χ1v) is 8.40. The van der Waals surface area contributed by atoms with Crippen molar-refractivity contribution in [3.05, 3.63) is 60.8 Å². The van der Waals surface area contributed by atoms with Gasteiger partial charge in [0, 0.05) is 39.6 Å². The summed E-state index contributed by atoms with van der Waals surface area (Å²) in [5.74, 6) is 0.543. The lowest BCUT2D eigenvalue weighted by Crippen LogP contribution is -2.46. The standard InChI is InChI=1S/C19H26N4O3/c1-5-10-22(19(25)20(2)3)15-18(24)23(14-17-9-7-12-26-17)13-16-8-6-11-21(16)4/h5-9,11-12H,1,10,13-15H2,2-4H3. The highest BCUT2D eigenvalue weighted by molar-refractivity contribution is 5.84. The molecule has 0 atom stereocenters. The van der Waals surface area contributed by atoms with E-state index >= 15 is 0 Å². The molecular weight excluding hydrogens is 332 g/mol. The van der Waals surface area contributed by atoms with Crippen molar-refractivity contribution >= 4 is 11.9 Å². The van der Waals surface area contributed by atoms with Crippen LogP contribution in [-0.4, -0.2) is 58.4 Å². The van der Waals surface area contributed by atoms with Gasteiger partial charge < -0.3 is 23.7 Å². The number of aryl methyl sites for hydroxylation is 1. The van der Waals surface area contributed by atoms with Crippen molar-refractivity contribution in [2.45, 2.75) is 13.1 Å². The number of urea groups is 1. The smallest absolute Gasteiger partial charge is 0.320 e. The lowest BCUT2D eigenvalue weighted by atomic mass is 10.3. The second-order valence-corrected chi connectivity index (χ2v) is 6.29. The Morgan fingerprint density at radius 3 is 2.50 bits per heavy atom. The molecule has 0 unspecified atom stereocenters. The van der Waals surface area contributed by atoms with E-state index in [0.717, 1.165) is 5.69 Å². The maximum atomic E-state index is 12.9. The number of hydrogen-bond acceptors (Lipinski definition) is 3. The van der Waals surface area contributed by atoms with Crippen LogP contribution in [-0.2, 0) is 24.9 Å². The molecule has 0 spiro atoms. The number of hydrogen-bond donors (Lipinski definition) is 0. The Labute approximate surface area is 154 Å². The van der Waals surface area contributed by atoms with E-state index in [1.165, 1.54) is 9.80 Å². The summed E-state index contributed by atoms with van der Waals surface area (Å²) >= 11 is 0. The van der Waals surface area contributed by atoms with Crippen LogP contribution in [0.2, 0.25) is 0 Å². The van der Waals surface area contributed by atoms with Crippen LogP contribution in [0.15, 0.2) is 53.8 Å². The number of carbonyl (C=O) groups is 2. The lowest BCUT2D eigenvalue weighted by molar-refractivity contribution is -0.133. The van der Waals surface area contributed by atoms with Crippen molar-refractivity contribution in [3.8, 4) is 0 Å². The Morgan fingerprint density at radius 1 is 1.19 bits per heavy atom. The fraction of sp³-hybridized carbons (Fsp3) is 0.368. The van der Waals surface area contributed by atoms with Gasteiger partial charge in [-0.2, -0.15) is 0 Å². The van der Waals surface area contributed by atoms with Gasteiger partial charge >= 0.3 is 6.03 Å². The number of amides is 3. The topological polar surface area (TPSA) is 61.9 Å². The Balaban J connectivity index is 2.16. The van der Waals surface area contributed by atoms with Gasteiger partial charge in [0.05, 0.1) is 19.4 Å². The molecule has 0 aliphatic heterocycles. The van der Waals surface area contributed by atoms with E-state index < -0.39 is 0 Å². The van der Waals surface area contributed by atoms with E-state index in [9.17, 15) is 9.59 Å². The van der Waals surface area contributed by atoms with E-state index in [4.69, 9.17) is 4.42 Å². The first-order valence-electron chi connectivity index (χ1n) is 8.40. The third-order valence-electron chi connectivity index (χ3n) is 4.01. The third-order valence-corrected chi connectivity index (χ3v) is 4.01. The molecular formula is C19H26N4O3. The predicted molar refractivity (Wildman–Crippen MR) is 99.2 cm³/mol. The molecule has 140 valence electrons. The number of carbonyl (C=O) groups excluding carboxylic acids is 2. The zero-order valence-electron chi connectivity index (χ0n) is 15.6. The minimum absolute atomic E-state index is 0.0197. The van der Waals surface area contributed by atoms with E-state index in [2.05, 4.69) is 6.58 Å². The second kappa shape index (κ2) is 8.94. The summed E-state index contributed by atoms with van der Waals surface area (Å²) in [6.07, 6.45) is 5.13. The maximum Gasteiger partial charge on any atom is 0.320 e. The Bertz CT molecular complexity index is 734. The molecule has 7 nitrogen and oxygen atoms in total. The van der Waals surface area contributed by atoms with Crippen molar-refractivity contribution < 1.29 is 14.0 Å². The Kier molecular flexibility index (Phi) is 6.66. The van der Waals surface area contributed by atoms with Crippen LogP contribution in [0.25, 0.3) is 0 Å². The van der Waals surface area contributed by atoms with Gasteiger partial charge in [0.2, 0.25) is 5.91 Å². The predicted octanol–water partition coefficient (Wildman–Crippen LogP) is 2.32. The summed E-state index contributed by atoms with van der Waals surface area (Å²) in [4.78, 5) is 29.8. The van der Waals surface area contributed by atoms with Crippen LogP contribution in [0.3, 0.4) is 0 Å². The van der Waals surface area contributed by atoms with Crippen LogP contribution in [0.4, 0.5) is 4.79 Å². The zero-order chi connectivity index (χ0) is 19.1. The van der Waals surface area contributed by atoms with Crippen molar-refractivity contribution in [1.29, 1.82) is 0 Å². The van der Waals surface area contributed by atoms with Crippen LogP contribution in [0.5, 0.6) is 0 Å². The van der Waals surface area contributed by atoms with Gasteiger partial charge in [0.1, 0.15) is 12.3 Å². The summed E-state index contributed by atoms with van der Waals surface area (Å²) in [5.41, 5.74) is 0.999. The molecule has 0 saturated heterocycles. The van der Waals surface area contributed by atoms with Crippen LogP contribution < -0.4 is 0 Å². The minimum Gasteiger partial charge on any atom is -0.467 e. The van der Waals surface area contributed by atoms with Crippen LogP contribution in [0.1, 0.15) is 11.5 Å². The molecule has 0 aliphatic carbocycles. The Hall–Kier alpha value is -2.96. The van der Waals surface area contributed by atoms with Crippen LogP contribution >= 0.6 is 0 Å². The molecule has 0 bridgehead atoms. The number of rotatable bonds is 8. The SMILES string of the molecule is C=CCN(CC(=O)N(Cc1ccco1)Cc1cccn1C)C(=O)N(C)C. The highest BCUT2D eigenvalue weighted by Crippen LogP contribution is 2.12. The summed E-state index contributed by atoms with van der Waals surface area (Å²) in [6, 6.07) is 7.30. The van der Waals surface area contributed by atoms with E-state index in [1.54, 1.807) is 37.4 Å². The molecule has 0 N–H and O–H groups in total. The monoisotopic (exact) mass is 358 g/mol. The van der Waals surface area contributed by atoms with Crippen LogP contribution in [0, 0.1) is 0 Å². The first kappa shape index (κ1) is 19.4. The molecule has 3 amide bonds. The molecule has 2 heterocycles. The first-order chi connectivity index (χ1) is 12.4. The second-order valence-electron chi connectivity index (χ2n) is 6.29. The number of aromatic nitrogens is 1. The van der Waals surface area contributed by atoms with Gasteiger partial charge in [0.25, 0.3) is 0 Å². The molecule has 2 rings (SSSR count). The third kappa shape index (κ3) is 5.02. The normalized spacial score (nSPS) is 10.4. The molecule has 0 fully saturated rings. The highest BCUT2D eigenvalue weighted by Gasteiger charge is 2.23. The summed E-state index contributed by atoms with van der Waals surface area (Å²) < 4.78 is 7.36. The van der Waals surface area contributed by atoms with E-state index in [0.29, 0.717) is 25.4 Å². The fourth-order valence-corrected chi connectivity index (χ4v) is 2.59. The van der Waals surface area contributed by atoms with Crippen molar-refractivity contribution in [3.63, 3.8) is 0 Å². The molecule has 0 saturated carbocycles. The molecule has 2 aromatic rings. The summed E-state index contributed by atoms with van der Waals surface area (Å²) in [5, 5.41) is 0. The summed E-state index contributed by atoms with van der Waals surface area (Å²) in [7, 11) is 5.26. The van der Waals surface area contributed by atoms with E-state index in [-0.39, 0.29) is 18.5 Å². The van der Waals surface area contributed by atoms with E-state index in [1.807, 2.05) is 36.0 Å². The molecule has 0 aliphatic rings. The van der Waals surface area contributed by atoms with Gasteiger partial charge in [0.15, 0.2) is 0 Å². The maximum absolute atomic E-state index is 12.9. The van der Waals surface area contributed by atoms with Gasteiger partial charge in [-0.15, -0.1) is 6.58 Å². The molecule has 7 heteroatoms. The average Bonchev–Trinajstić information content (AvgIpc) is 3.25. The number of furan rings is 1. The van der Waals surface area contributed by atoms with Crippen molar-refractivity contribution in [2.24, 2.45) is 7.05 Å². The van der Waals surface area contributed by atoms with Gasteiger partial charge in [-0.25, -0.2) is 4.79 Å².